The van der Waals surface area contributed by atoms with E-state index >= 15 is 0 Å². The lowest BCUT2D eigenvalue weighted by Gasteiger charge is -2.26. The van der Waals surface area contributed by atoms with Gasteiger partial charge in [-0.3, -0.25) is 4.90 Å². The second-order valence-corrected chi connectivity index (χ2v) is 6.57. The Morgan fingerprint density at radius 3 is 2.67 bits per heavy atom. The molecule has 3 rings (SSSR count). The highest BCUT2D eigenvalue weighted by Gasteiger charge is 2.25. The van der Waals surface area contributed by atoms with Crippen LogP contribution >= 0.6 is 0 Å². The van der Waals surface area contributed by atoms with Crippen LogP contribution in [0.3, 0.4) is 0 Å². The zero-order valence-electron chi connectivity index (χ0n) is 15.3. The number of urea groups is 1. The average Bonchev–Trinajstić information content (AvgIpc) is 3.38. The van der Waals surface area contributed by atoms with Crippen LogP contribution in [0.5, 0.6) is 5.75 Å². The number of hydrogen-bond acceptors (Lipinski definition) is 4. The molecule has 6 nitrogen and oxygen atoms in total. The number of carbonyl (C=O) groups excluding carboxylic acids is 1. The van der Waals surface area contributed by atoms with E-state index in [9.17, 15) is 9.18 Å². The van der Waals surface area contributed by atoms with Crippen LogP contribution in [0, 0.1) is 5.82 Å². The van der Waals surface area contributed by atoms with Crippen molar-refractivity contribution in [1.82, 2.24) is 15.5 Å². The molecular weight excluding hydrogens is 349 g/mol. The molecule has 1 aromatic carbocycles. The molecule has 2 aromatic rings. The molecule has 1 atom stereocenters. The van der Waals surface area contributed by atoms with Crippen LogP contribution in [0.4, 0.5) is 9.18 Å². The summed E-state index contributed by atoms with van der Waals surface area (Å²) >= 11 is 0. The summed E-state index contributed by atoms with van der Waals surface area (Å²) in [5.74, 6) is 1.21. The minimum Gasteiger partial charge on any atom is -0.494 e. The van der Waals surface area contributed by atoms with E-state index in [0.29, 0.717) is 31.9 Å². The van der Waals surface area contributed by atoms with Gasteiger partial charge in [-0.25, -0.2) is 9.18 Å². The Hall–Kier alpha value is -2.54. The van der Waals surface area contributed by atoms with Gasteiger partial charge in [-0.15, -0.1) is 0 Å². The van der Waals surface area contributed by atoms with Gasteiger partial charge in [-0.05, 0) is 68.8 Å². The van der Waals surface area contributed by atoms with Crippen molar-refractivity contribution in [3.05, 3.63) is 54.2 Å². The maximum absolute atomic E-state index is 12.8. The number of halogens is 1. The SMILES string of the molecule is O=C(NCCCOc1ccc(F)cc1)NCC(c1ccco1)N1CCCC1. The molecule has 2 heterocycles. The number of rotatable bonds is 9. The molecule has 1 aliphatic rings. The van der Waals surface area contributed by atoms with Crippen LogP contribution in [0.25, 0.3) is 0 Å². The second kappa shape index (κ2) is 9.97. The highest BCUT2D eigenvalue weighted by Crippen LogP contribution is 2.24. The van der Waals surface area contributed by atoms with Crippen molar-refractivity contribution < 1.29 is 18.3 Å². The van der Waals surface area contributed by atoms with Gasteiger partial charge in [-0.2, -0.15) is 0 Å². The molecule has 7 heteroatoms. The monoisotopic (exact) mass is 375 g/mol. The lowest BCUT2D eigenvalue weighted by Crippen LogP contribution is -2.41. The van der Waals surface area contributed by atoms with E-state index in [1.807, 2.05) is 12.1 Å². The summed E-state index contributed by atoms with van der Waals surface area (Å²) in [5.41, 5.74) is 0. The quantitative estimate of drug-likeness (QED) is 0.660. The van der Waals surface area contributed by atoms with Crippen LogP contribution < -0.4 is 15.4 Å². The second-order valence-electron chi connectivity index (χ2n) is 6.57. The molecule has 0 spiro atoms. The maximum Gasteiger partial charge on any atom is 0.314 e. The molecule has 0 bridgehead atoms. The molecule has 1 aliphatic heterocycles. The van der Waals surface area contributed by atoms with Gasteiger partial charge in [0.1, 0.15) is 17.3 Å². The van der Waals surface area contributed by atoms with Gasteiger partial charge < -0.3 is 19.8 Å². The van der Waals surface area contributed by atoms with Crippen molar-refractivity contribution in [2.45, 2.75) is 25.3 Å². The number of amides is 2. The summed E-state index contributed by atoms with van der Waals surface area (Å²) < 4.78 is 23.9. The predicted octanol–water partition coefficient (Wildman–Crippen LogP) is 3.32. The molecule has 27 heavy (non-hydrogen) atoms. The first-order chi connectivity index (χ1) is 13.2. The van der Waals surface area contributed by atoms with Gasteiger partial charge in [0.25, 0.3) is 0 Å². The van der Waals surface area contributed by atoms with E-state index < -0.39 is 0 Å². The van der Waals surface area contributed by atoms with E-state index in [2.05, 4.69) is 15.5 Å². The minimum absolute atomic E-state index is 0.0649. The number of nitrogens with zero attached hydrogens (tertiary/aromatic N) is 1. The minimum atomic E-state index is -0.289. The lowest BCUT2D eigenvalue weighted by molar-refractivity contribution is 0.203. The topological polar surface area (TPSA) is 66.7 Å². The third-order valence-electron chi connectivity index (χ3n) is 4.60. The summed E-state index contributed by atoms with van der Waals surface area (Å²) in [6.07, 6.45) is 4.69. The lowest BCUT2D eigenvalue weighted by atomic mass is 10.2. The van der Waals surface area contributed by atoms with Crippen LogP contribution in [0.1, 0.15) is 31.1 Å². The van der Waals surface area contributed by atoms with Crippen molar-refractivity contribution in [2.24, 2.45) is 0 Å². The molecule has 1 unspecified atom stereocenters. The third-order valence-corrected chi connectivity index (χ3v) is 4.60. The Morgan fingerprint density at radius 2 is 1.96 bits per heavy atom. The molecule has 1 saturated heterocycles. The zero-order valence-corrected chi connectivity index (χ0v) is 15.3. The van der Waals surface area contributed by atoms with E-state index in [-0.39, 0.29) is 17.9 Å². The Morgan fingerprint density at radius 1 is 1.19 bits per heavy atom. The first-order valence-electron chi connectivity index (χ1n) is 9.40. The van der Waals surface area contributed by atoms with Gasteiger partial charge >= 0.3 is 6.03 Å². The summed E-state index contributed by atoms with van der Waals surface area (Å²) in [4.78, 5) is 14.4. The predicted molar refractivity (Wildman–Crippen MR) is 100 cm³/mol. The Kier molecular flexibility index (Phi) is 7.10. The number of benzene rings is 1. The molecular formula is C20H26FN3O3. The number of nitrogens with one attached hydrogen (secondary N) is 2. The molecule has 2 amide bonds. The fraction of sp³-hybridized carbons (Fsp3) is 0.450. The van der Waals surface area contributed by atoms with Gasteiger partial charge in [0.15, 0.2) is 0 Å². The van der Waals surface area contributed by atoms with E-state index in [1.54, 1.807) is 18.4 Å². The van der Waals surface area contributed by atoms with Crippen LogP contribution in [0.15, 0.2) is 47.1 Å². The van der Waals surface area contributed by atoms with Gasteiger partial charge in [-0.1, -0.05) is 0 Å². The standard InChI is InChI=1S/C20H26FN3O3/c21-16-6-8-17(9-7-16)26-14-4-10-22-20(25)23-15-18(19-5-3-13-27-19)24-11-1-2-12-24/h3,5-9,13,18H,1-2,4,10-12,14-15H2,(H2,22,23,25). The van der Waals surface area contributed by atoms with E-state index in [1.165, 1.54) is 25.0 Å². The Bertz CT molecular complexity index is 685. The van der Waals surface area contributed by atoms with Crippen LogP contribution in [-0.4, -0.2) is 43.7 Å². The van der Waals surface area contributed by atoms with Gasteiger partial charge in [0, 0.05) is 13.1 Å². The molecule has 1 aromatic heterocycles. The van der Waals surface area contributed by atoms with Gasteiger partial charge in [0.2, 0.25) is 0 Å². The smallest absolute Gasteiger partial charge is 0.314 e. The fourth-order valence-corrected chi connectivity index (χ4v) is 3.19. The van der Waals surface area contributed by atoms with Crippen molar-refractivity contribution in [2.75, 3.05) is 32.8 Å². The van der Waals surface area contributed by atoms with Crippen molar-refractivity contribution in [1.29, 1.82) is 0 Å². The maximum atomic E-state index is 12.8. The summed E-state index contributed by atoms with van der Waals surface area (Å²) in [7, 11) is 0. The molecule has 146 valence electrons. The zero-order chi connectivity index (χ0) is 18.9. The fourth-order valence-electron chi connectivity index (χ4n) is 3.19. The summed E-state index contributed by atoms with van der Waals surface area (Å²) in [6, 6.07) is 9.58. The number of ether oxygens (including phenoxy) is 1. The first-order valence-corrected chi connectivity index (χ1v) is 9.40. The van der Waals surface area contributed by atoms with E-state index in [0.717, 1.165) is 18.8 Å². The number of likely N-dealkylation sites (tertiary alicyclic amines) is 1. The highest BCUT2D eigenvalue weighted by molar-refractivity contribution is 5.73. The Balaban J connectivity index is 1.34. The van der Waals surface area contributed by atoms with Crippen LogP contribution in [-0.2, 0) is 0 Å². The van der Waals surface area contributed by atoms with Gasteiger partial charge in [0.05, 0.1) is 18.9 Å². The normalized spacial score (nSPS) is 15.4. The molecule has 0 saturated carbocycles. The molecule has 2 N–H and O–H groups in total. The molecule has 0 radical (unpaired) electrons. The molecule has 1 fully saturated rings. The van der Waals surface area contributed by atoms with Crippen LogP contribution in [0.2, 0.25) is 0 Å². The third kappa shape index (κ3) is 5.99. The number of hydrogen-bond donors (Lipinski definition) is 2. The first kappa shape index (κ1) is 19.2. The number of carbonyl (C=O) groups is 1. The van der Waals surface area contributed by atoms with Crippen molar-refractivity contribution in [3.8, 4) is 5.75 Å². The van der Waals surface area contributed by atoms with Crippen molar-refractivity contribution >= 4 is 6.03 Å². The van der Waals surface area contributed by atoms with E-state index in [4.69, 9.17) is 9.15 Å². The summed E-state index contributed by atoms with van der Waals surface area (Å²) in [6.45, 7) is 3.51. The number of furan rings is 1. The largest absolute Gasteiger partial charge is 0.494 e. The average molecular weight is 375 g/mol. The van der Waals surface area contributed by atoms with Crippen molar-refractivity contribution in [3.63, 3.8) is 0 Å². The Labute approximate surface area is 158 Å². The summed E-state index contributed by atoms with van der Waals surface area (Å²) in [5, 5.41) is 5.76. The molecule has 0 aliphatic carbocycles. The highest BCUT2D eigenvalue weighted by atomic mass is 19.1.